The van der Waals surface area contributed by atoms with Crippen LogP contribution in [0.2, 0.25) is 0 Å². The van der Waals surface area contributed by atoms with Gasteiger partial charge in [-0.05, 0) is 56.3 Å². The first-order chi connectivity index (χ1) is 15.0. The quantitative estimate of drug-likeness (QED) is 0.568. The molecular formula is C22H20N2O6S2. The van der Waals surface area contributed by atoms with Gasteiger partial charge in [0.1, 0.15) is 0 Å². The van der Waals surface area contributed by atoms with Gasteiger partial charge in [-0.1, -0.05) is 41.5 Å². The van der Waals surface area contributed by atoms with Crippen molar-refractivity contribution in [2.24, 2.45) is 0 Å². The minimum atomic E-state index is -4.12. The van der Waals surface area contributed by atoms with E-state index in [1.165, 1.54) is 42.5 Å². The zero-order valence-corrected chi connectivity index (χ0v) is 18.8. The van der Waals surface area contributed by atoms with Crippen LogP contribution < -0.4 is 9.44 Å². The lowest BCUT2D eigenvalue weighted by atomic mass is 10.1. The third-order valence-electron chi connectivity index (χ3n) is 4.50. The molecule has 2 amide bonds. The summed E-state index contributed by atoms with van der Waals surface area (Å²) in [5.41, 5.74) is 1.46. The monoisotopic (exact) mass is 472 g/mol. The van der Waals surface area contributed by atoms with Crippen LogP contribution in [0.1, 0.15) is 31.8 Å². The molecule has 0 radical (unpaired) electrons. The Kier molecular flexibility index (Phi) is 6.47. The first-order valence-corrected chi connectivity index (χ1v) is 12.3. The van der Waals surface area contributed by atoms with E-state index < -0.39 is 31.9 Å². The van der Waals surface area contributed by atoms with Crippen molar-refractivity contribution in [2.45, 2.75) is 23.6 Å². The molecule has 2 N–H and O–H groups in total. The highest BCUT2D eigenvalue weighted by molar-refractivity contribution is 7.90. The average molecular weight is 473 g/mol. The van der Waals surface area contributed by atoms with E-state index in [9.17, 15) is 26.4 Å². The van der Waals surface area contributed by atoms with Crippen LogP contribution in [-0.2, 0) is 20.0 Å². The predicted molar refractivity (Wildman–Crippen MR) is 118 cm³/mol. The molecule has 3 aromatic carbocycles. The molecule has 0 atom stereocenters. The fourth-order valence-electron chi connectivity index (χ4n) is 2.72. The molecule has 166 valence electrons. The van der Waals surface area contributed by atoms with Crippen molar-refractivity contribution < 1.29 is 26.4 Å². The van der Waals surface area contributed by atoms with Crippen LogP contribution in [0.25, 0.3) is 0 Å². The van der Waals surface area contributed by atoms with Gasteiger partial charge >= 0.3 is 0 Å². The molecule has 0 aliphatic rings. The van der Waals surface area contributed by atoms with Crippen LogP contribution >= 0.6 is 0 Å². The van der Waals surface area contributed by atoms with Crippen molar-refractivity contribution in [1.29, 1.82) is 0 Å². The standard InChI is InChI=1S/C22H20N2O6S2/c1-15-6-10-19(11-7-15)31(27,28)23-21(25)17-4-3-5-18(14-17)22(26)24-32(29,30)20-12-8-16(2)9-13-20/h3-14H,1-2H3,(H,23,25)(H,24,26). The van der Waals surface area contributed by atoms with Crippen LogP contribution in [0.4, 0.5) is 0 Å². The molecule has 0 aliphatic carbocycles. The third kappa shape index (κ3) is 5.40. The Morgan fingerprint density at radius 2 is 0.938 bits per heavy atom. The summed E-state index contributed by atoms with van der Waals surface area (Å²) >= 11 is 0. The highest BCUT2D eigenvalue weighted by Gasteiger charge is 2.21. The van der Waals surface area contributed by atoms with Crippen LogP contribution in [0.5, 0.6) is 0 Å². The maximum absolute atomic E-state index is 12.5. The maximum Gasteiger partial charge on any atom is 0.265 e. The van der Waals surface area contributed by atoms with Gasteiger partial charge in [0.05, 0.1) is 9.79 Å². The number of amides is 2. The minimum Gasteiger partial charge on any atom is -0.268 e. The molecule has 0 unspecified atom stereocenters. The molecule has 8 nitrogen and oxygen atoms in total. The first kappa shape index (κ1) is 23.2. The van der Waals surface area contributed by atoms with Gasteiger partial charge in [-0.2, -0.15) is 0 Å². The van der Waals surface area contributed by atoms with E-state index >= 15 is 0 Å². The lowest BCUT2D eigenvalue weighted by Gasteiger charge is -2.10. The number of carbonyl (C=O) groups excluding carboxylic acids is 2. The summed E-state index contributed by atoms with van der Waals surface area (Å²) < 4.78 is 53.6. The fourth-order valence-corrected chi connectivity index (χ4v) is 4.66. The molecule has 0 aromatic heterocycles. The van der Waals surface area contributed by atoms with Crippen molar-refractivity contribution in [3.05, 3.63) is 95.1 Å². The summed E-state index contributed by atoms with van der Waals surface area (Å²) in [5, 5.41) is 0. The Labute approximate surface area is 186 Å². The molecule has 0 saturated heterocycles. The molecule has 32 heavy (non-hydrogen) atoms. The van der Waals surface area contributed by atoms with E-state index in [-0.39, 0.29) is 20.9 Å². The SMILES string of the molecule is Cc1ccc(S(=O)(=O)NC(=O)c2cccc(C(=O)NS(=O)(=O)c3ccc(C)cc3)c2)cc1. The molecular weight excluding hydrogens is 452 g/mol. The van der Waals surface area contributed by atoms with Crippen molar-refractivity contribution in [1.82, 2.24) is 9.44 Å². The Bertz CT molecular complexity index is 1270. The molecule has 3 aromatic rings. The molecule has 0 saturated carbocycles. The van der Waals surface area contributed by atoms with Gasteiger partial charge in [0.25, 0.3) is 31.9 Å². The average Bonchev–Trinajstić information content (AvgIpc) is 2.74. The largest absolute Gasteiger partial charge is 0.268 e. The smallest absolute Gasteiger partial charge is 0.265 e. The van der Waals surface area contributed by atoms with E-state index in [0.29, 0.717) is 0 Å². The Balaban J connectivity index is 1.78. The van der Waals surface area contributed by atoms with Crippen molar-refractivity contribution in [3.8, 4) is 0 Å². The van der Waals surface area contributed by atoms with Crippen LogP contribution in [-0.4, -0.2) is 28.6 Å². The number of sulfonamides is 2. The van der Waals surface area contributed by atoms with E-state index in [1.807, 2.05) is 9.44 Å². The molecule has 0 heterocycles. The minimum absolute atomic E-state index is 0.0884. The van der Waals surface area contributed by atoms with Crippen LogP contribution in [0.3, 0.4) is 0 Å². The number of hydrogen-bond donors (Lipinski definition) is 2. The van der Waals surface area contributed by atoms with Crippen molar-refractivity contribution >= 4 is 31.9 Å². The van der Waals surface area contributed by atoms with E-state index in [1.54, 1.807) is 38.1 Å². The van der Waals surface area contributed by atoms with Crippen molar-refractivity contribution in [3.63, 3.8) is 0 Å². The van der Waals surface area contributed by atoms with Crippen LogP contribution in [0.15, 0.2) is 82.6 Å². The zero-order valence-electron chi connectivity index (χ0n) is 17.2. The van der Waals surface area contributed by atoms with Crippen molar-refractivity contribution in [2.75, 3.05) is 0 Å². The molecule has 0 bridgehead atoms. The number of hydrogen-bond acceptors (Lipinski definition) is 6. The van der Waals surface area contributed by atoms with Gasteiger partial charge in [0.15, 0.2) is 0 Å². The van der Waals surface area contributed by atoms with Crippen LogP contribution in [0, 0.1) is 13.8 Å². The van der Waals surface area contributed by atoms with Gasteiger partial charge in [0.2, 0.25) is 0 Å². The summed E-state index contributed by atoms with van der Waals surface area (Å²) in [6, 6.07) is 16.9. The van der Waals surface area contributed by atoms with Gasteiger partial charge < -0.3 is 0 Å². The predicted octanol–water partition coefficient (Wildman–Crippen LogP) is 2.54. The van der Waals surface area contributed by atoms with Gasteiger partial charge in [-0.25, -0.2) is 26.3 Å². The third-order valence-corrected chi connectivity index (χ3v) is 7.20. The first-order valence-electron chi connectivity index (χ1n) is 9.36. The summed E-state index contributed by atoms with van der Waals surface area (Å²) in [4.78, 5) is 24.8. The topological polar surface area (TPSA) is 126 Å². The summed E-state index contributed by atoms with van der Waals surface area (Å²) in [5.74, 6) is -1.91. The maximum atomic E-state index is 12.5. The second-order valence-corrected chi connectivity index (χ2v) is 10.4. The molecule has 0 spiro atoms. The van der Waals surface area contributed by atoms with E-state index in [0.717, 1.165) is 17.2 Å². The van der Waals surface area contributed by atoms with E-state index in [2.05, 4.69) is 0 Å². The zero-order chi connectivity index (χ0) is 23.5. The highest BCUT2D eigenvalue weighted by atomic mass is 32.2. The normalized spacial score (nSPS) is 11.6. The van der Waals surface area contributed by atoms with Gasteiger partial charge in [0, 0.05) is 11.1 Å². The fraction of sp³-hybridized carbons (Fsp3) is 0.0909. The Morgan fingerprint density at radius 1 is 0.594 bits per heavy atom. The number of rotatable bonds is 6. The van der Waals surface area contributed by atoms with Gasteiger partial charge in [-0.3, -0.25) is 9.59 Å². The molecule has 0 fully saturated rings. The molecule has 0 aliphatic heterocycles. The molecule has 10 heteroatoms. The highest BCUT2D eigenvalue weighted by Crippen LogP contribution is 2.14. The second-order valence-electron chi connectivity index (χ2n) is 7.08. The lowest BCUT2D eigenvalue weighted by molar-refractivity contribution is 0.0979. The Hall–Kier alpha value is -3.50. The number of nitrogens with one attached hydrogen (secondary N) is 2. The summed E-state index contributed by atoms with van der Waals surface area (Å²) in [7, 11) is -8.24. The number of benzene rings is 3. The second kappa shape index (κ2) is 8.93. The number of aryl methyl sites for hydroxylation is 2. The summed E-state index contributed by atoms with van der Waals surface area (Å²) in [6.45, 7) is 3.59. The lowest BCUT2D eigenvalue weighted by Crippen LogP contribution is -2.32. The summed E-state index contributed by atoms with van der Waals surface area (Å²) in [6.07, 6.45) is 0. The van der Waals surface area contributed by atoms with Gasteiger partial charge in [-0.15, -0.1) is 0 Å². The Morgan fingerprint density at radius 3 is 1.28 bits per heavy atom. The number of carbonyl (C=O) groups is 2. The van der Waals surface area contributed by atoms with E-state index in [4.69, 9.17) is 0 Å². The molecule has 3 rings (SSSR count).